The van der Waals surface area contributed by atoms with Gasteiger partial charge >= 0.3 is 0 Å². The van der Waals surface area contributed by atoms with Gasteiger partial charge in [0.25, 0.3) is 0 Å². The standard InChI is InChI=1S/C13H18N2O3/c1-17-6-7-18-9-11(16)8-15-10-14-12-4-2-3-5-13(12)15/h2-5,10-11,16H,6-9H2,1H3. The number of hydrogen-bond donors (Lipinski definition) is 1. The maximum Gasteiger partial charge on any atom is 0.0959 e. The molecule has 2 aromatic rings. The van der Waals surface area contributed by atoms with Crippen molar-refractivity contribution in [2.24, 2.45) is 0 Å². The Hall–Kier alpha value is -1.43. The Labute approximate surface area is 106 Å². The number of ether oxygens (including phenoxy) is 2. The SMILES string of the molecule is COCCOCC(O)Cn1cnc2ccccc21. The quantitative estimate of drug-likeness (QED) is 0.747. The Kier molecular flexibility index (Phi) is 4.69. The van der Waals surface area contributed by atoms with Crippen LogP contribution in [0.1, 0.15) is 0 Å². The minimum Gasteiger partial charge on any atom is -0.389 e. The zero-order chi connectivity index (χ0) is 12.8. The summed E-state index contributed by atoms with van der Waals surface area (Å²) in [6, 6.07) is 7.85. The fraction of sp³-hybridized carbons (Fsp3) is 0.462. The average Bonchev–Trinajstić information content (AvgIpc) is 2.78. The van der Waals surface area contributed by atoms with E-state index < -0.39 is 6.10 Å². The Balaban J connectivity index is 1.88. The molecule has 5 nitrogen and oxygen atoms in total. The molecule has 0 spiro atoms. The van der Waals surface area contributed by atoms with Gasteiger partial charge in [-0.2, -0.15) is 0 Å². The van der Waals surface area contributed by atoms with E-state index in [4.69, 9.17) is 9.47 Å². The highest BCUT2D eigenvalue weighted by Gasteiger charge is 2.08. The number of methoxy groups -OCH3 is 1. The number of para-hydroxylation sites is 2. The summed E-state index contributed by atoms with van der Waals surface area (Å²) in [6.07, 6.45) is 1.20. The molecule has 18 heavy (non-hydrogen) atoms. The highest BCUT2D eigenvalue weighted by Crippen LogP contribution is 2.12. The number of fused-ring (bicyclic) bond motifs is 1. The summed E-state index contributed by atoms with van der Waals surface area (Å²) in [5, 5.41) is 9.87. The highest BCUT2D eigenvalue weighted by molar-refractivity contribution is 5.74. The van der Waals surface area contributed by atoms with Crippen molar-refractivity contribution < 1.29 is 14.6 Å². The van der Waals surface area contributed by atoms with Crippen molar-refractivity contribution in [3.63, 3.8) is 0 Å². The minimum atomic E-state index is -0.542. The molecule has 0 aliphatic rings. The van der Waals surface area contributed by atoms with Gasteiger partial charge in [-0.15, -0.1) is 0 Å². The van der Waals surface area contributed by atoms with E-state index in [0.29, 0.717) is 26.4 Å². The topological polar surface area (TPSA) is 56.5 Å². The van der Waals surface area contributed by atoms with Crippen molar-refractivity contribution in [2.75, 3.05) is 26.9 Å². The molecule has 1 heterocycles. The first kappa shape index (κ1) is 13.0. The Morgan fingerprint density at radius 2 is 2.17 bits per heavy atom. The predicted octanol–water partition coefficient (Wildman–Crippen LogP) is 1.06. The largest absolute Gasteiger partial charge is 0.389 e. The Bertz CT molecular complexity index is 484. The van der Waals surface area contributed by atoms with Crippen LogP contribution in [0.25, 0.3) is 11.0 Å². The summed E-state index contributed by atoms with van der Waals surface area (Å²) in [6.45, 7) is 1.82. The van der Waals surface area contributed by atoms with Crippen LogP contribution in [0, 0.1) is 0 Å². The van der Waals surface area contributed by atoms with Crippen LogP contribution in [0.5, 0.6) is 0 Å². The Morgan fingerprint density at radius 1 is 1.33 bits per heavy atom. The van der Waals surface area contributed by atoms with E-state index in [9.17, 15) is 5.11 Å². The van der Waals surface area contributed by atoms with Crippen LogP contribution in [0.2, 0.25) is 0 Å². The van der Waals surface area contributed by atoms with Crippen LogP contribution in [-0.4, -0.2) is 47.7 Å². The number of aliphatic hydroxyl groups excluding tert-OH is 1. The first-order valence-corrected chi connectivity index (χ1v) is 5.96. The second-order valence-corrected chi connectivity index (χ2v) is 4.11. The molecule has 2 rings (SSSR count). The number of rotatable bonds is 7. The first-order chi connectivity index (χ1) is 8.81. The second kappa shape index (κ2) is 6.49. The summed E-state index contributed by atoms with van der Waals surface area (Å²) in [4.78, 5) is 4.27. The van der Waals surface area contributed by atoms with Crippen LogP contribution in [0.15, 0.2) is 30.6 Å². The van der Waals surface area contributed by atoms with Crippen LogP contribution >= 0.6 is 0 Å². The second-order valence-electron chi connectivity index (χ2n) is 4.11. The lowest BCUT2D eigenvalue weighted by Gasteiger charge is -2.12. The third-order valence-electron chi connectivity index (χ3n) is 2.68. The summed E-state index contributed by atoms with van der Waals surface area (Å²) in [5.74, 6) is 0. The monoisotopic (exact) mass is 250 g/mol. The maximum atomic E-state index is 9.87. The molecule has 0 aliphatic carbocycles. The van der Waals surface area contributed by atoms with Crippen molar-refractivity contribution in [1.29, 1.82) is 0 Å². The molecular weight excluding hydrogens is 232 g/mol. The molecule has 1 atom stereocenters. The van der Waals surface area contributed by atoms with Gasteiger partial charge in [0.15, 0.2) is 0 Å². The van der Waals surface area contributed by atoms with E-state index in [2.05, 4.69) is 4.98 Å². The van der Waals surface area contributed by atoms with E-state index in [1.54, 1.807) is 13.4 Å². The average molecular weight is 250 g/mol. The number of benzene rings is 1. The number of aromatic nitrogens is 2. The highest BCUT2D eigenvalue weighted by atomic mass is 16.5. The van der Waals surface area contributed by atoms with E-state index >= 15 is 0 Å². The van der Waals surface area contributed by atoms with Crippen molar-refractivity contribution in [2.45, 2.75) is 12.6 Å². The molecule has 0 aliphatic heterocycles. The molecule has 1 N–H and O–H groups in total. The normalized spacial score (nSPS) is 13.0. The van der Waals surface area contributed by atoms with Crippen LogP contribution in [0.3, 0.4) is 0 Å². The zero-order valence-electron chi connectivity index (χ0n) is 10.5. The van der Waals surface area contributed by atoms with Gasteiger partial charge in [-0.25, -0.2) is 4.98 Å². The molecule has 5 heteroatoms. The van der Waals surface area contributed by atoms with Gasteiger partial charge in [0.1, 0.15) is 0 Å². The smallest absolute Gasteiger partial charge is 0.0959 e. The van der Waals surface area contributed by atoms with E-state index in [1.807, 2.05) is 28.8 Å². The molecule has 0 amide bonds. The maximum absolute atomic E-state index is 9.87. The number of nitrogens with zero attached hydrogens (tertiary/aromatic N) is 2. The fourth-order valence-corrected chi connectivity index (χ4v) is 1.80. The lowest BCUT2D eigenvalue weighted by atomic mass is 10.3. The molecular formula is C13H18N2O3. The van der Waals surface area contributed by atoms with Crippen molar-refractivity contribution in [3.8, 4) is 0 Å². The molecule has 1 aromatic carbocycles. The minimum absolute atomic E-state index is 0.301. The Morgan fingerprint density at radius 3 is 3.00 bits per heavy atom. The van der Waals surface area contributed by atoms with Gasteiger partial charge in [0.05, 0.1) is 49.8 Å². The first-order valence-electron chi connectivity index (χ1n) is 5.96. The van der Waals surface area contributed by atoms with Gasteiger partial charge in [0, 0.05) is 7.11 Å². The molecule has 0 radical (unpaired) electrons. The predicted molar refractivity (Wildman–Crippen MR) is 68.4 cm³/mol. The number of imidazole rings is 1. The van der Waals surface area contributed by atoms with Crippen LogP contribution < -0.4 is 0 Å². The lowest BCUT2D eigenvalue weighted by Crippen LogP contribution is -2.22. The van der Waals surface area contributed by atoms with E-state index in [-0.39, 0.29) is 0 Å². The summed E-state index contributed by atoms with van der Waals surface area (Å²) in [7, 11) is 1.62. The van der Waals surface area contributed by atoms with Gasteiger partial charge < -0.3 is 19.1 Å². The lowest BCUT2D eigenvalue weighted by molar-refractivity contribution is 0.00761. The summed E-state index contributed by atoms with van der Waals surface area (Å²) in [5.41, 5.74) is 1.96. The molecule has 0 bridgehead atoms. The summed E-state index contributed by atoms with van der Waals surface area (Å²) < 4.78 is 12.1. The van der Waals surface area contributed by atoms with Crippen molar-refractivity contribution >= 4 is 11.0 Å². The van der Waals surface area contributed by atoms with Crippen molar-refractivity contribution in [1.82, 2.24) is 9.55 Å². The zero-order valence-corrected chi connectivity index (χ0v) is 10.5. The van der Waals surface area contributed by atoms with Gasteiger partial charge in [-0.1, -0.05) is 12.1 Å². The molecule has 1 aromatic heterocycles. The van der Waals surface area contributed by atoms with Gasteiger partial charge in [-0.05, 0) is 12.1 Å². The van der Waals surface area contributed by atoms with Gasteiger partial charge in [-0.3, -0.25) is 0 Å². The van der Waals surface area contributed by atoms with Gasteiger partial charge in [0.2, 0.25) is 0 Å². The third kappa shape index (κ3) is 3.29. The molecule has 0 fully saturated rings. The van der Waals surface area contributed by atoms with Crippen molar-refractivity contribution in [3.05, 3.63) is 30.6 Å². The van der Waals surface area contributed by atoms with Crippen LogP contribution in [-0.2, 0) is 16.0 Å². The number of hydrogen-bond acceptors (Lipinski definition) is 4. The summed E-state index contributed by atoms with van der Waals surface area (Å²) >= 11 is 0. The third-order valence-corrected chi connectivity index (χ3v) is 2.68. The molecule has 0 saturated carbocycles. The molecule has 98 valence electrons. The fourth-order valence-electron chi connectivity index (χ4n) is 1.80. The molecule has 0 saturated heterocycles. The van der Waals surface area contributed by atoms with Crippen LogP contribution in [0.4, 0.5) is 0 Å². The number of aliphatic hydroxyl groups is 1. The van der Waals surface area contributed by atoms with E-state index in [0.717, 1.165) is 11.0 Å². The molecule has 1 unspecified atom stereocenters. The van der Waals surface area contributed by atoms with E-state index in [1.165, 1.54) is 0 Å².